The average molecular weight is 373 g/mol. The summed E-state index contributed by atoms with van der Waals surface area (Å²) in [6.45, 7) is 6.98. The molecule has 3 aliphatic heterocycles. The fraction of sp³-hybridized carbons (Fsp3) is 0.727. The lowest BCUT2D eigenvalue weighted by atomic mass is 9.69. The Hall–Kier alpha value is -1.46. The first-order valence-corrected chi connectivity index (χ1v) is 10.8. The van der Waals surface area contributed by atoms with E-state index in [0.717, 1.165) is 44.0 Å². The lowest BCUT2D eigenvalue weighted by Crippen LogP contribution is -2.46. The molecule has 3 heterocycles. The minimum atomic E-state index is -0.412. The first-order valence-electron chi connectivity index (χ1n) is 10.8. The highest BCUT2D eigenvalue weighted by molar-refractivity contribution is 5.57. The summed E-state index contributed by atoms with van der Waals surface area (Å²) in [4.78, 5) is 5.18. The first-order chi connectivity index (χ1) is 13.2. The number of fused-ring (bicyclic) bond motifs is 2. The van der Waals surface area contributed by atoms with Crippen LogP contribution in [0.25, 0.3) is 0 Å². The van der Waals surface area contributed by atoms with E-state index in [9.17, 15) is 5.11 Å². The number of nitrogens with zero attached hydrogens (tertiary/aromatic N) is 2. The molecule has 5 rings (SSSR count). The van der Waals surface area contributed by atoms with Gasteiger partial charge in [-0.15, -0.1) is 0 Å². The van der Waals surface area contributed by atoms with Crippen LogP contribution in [0, 0.1) is 11.8 Å². The van der Waals surface area contributed by atoms with Gasteiger partial charge < -0.3 is 19.5 Å². The lowest BCUT2D eigenvalue weighted by Gasteiger charge is -2.41. The van der Waals surface area contributed by atoms with Crippen LogP contribution < -0.4 is 14.4 Å². The molecule has 1 aromatic rings. The zero-order valence-electron chi connectivity index (χ0n) is 16.4. The van der Waals surface area contributed by atoms with Crippen LogP contribution in [0.15, 0.2) is 18.2 Å². The quantitative estimate of drug-likeness (QED) is 0.882. The number of likely N-dealkylation sites (tertiary alicyclic amines) is 1. The van der Waals surface area contributed by atoms with E-state index in [1.807, 2.05) is 6.07 Å². The topological polar surface area (TPSA) is 45.2 Å². The molecule has 0 spiro atoms. The summed E-state index contributed by atoms with van der Waals surface area (Å²) in [5.74, 6) is 2.92. The van der Waals surface area contributed by atoms with Crippen LogP contribution in [-0.4, -0.2) is 54.6 Å². The number of ether oxygens (including phenoxy) is 2. The highest BCUT2D eigenvalue weighted by Gasteiger charge is 2.48. The van der Waals surface area contributed by atoms with Gasteiger partial charge in [-0.25, -0.2) is 0 Å². The summed E-state index contributed by atoms with van der Waals surface area (Å²) in [5, 5.41) is 11.1. The Labute approximate surface area is 162 Å². The van der Waals surface area contributed by atoms with E-state index in [1.54, 1.807) is 0 Å². The van der Waals surface area contributed by atoms with Gasteiger partial charge in [-0.1, -0.05) is 13.3 Å². The Bertz CT molecular complexity index is 688. The predicted molar refractivity (Wildman–Crippen MR) is 105 cm³/mol. The summed E-state index contributed by atoms with van der Waals surface area (Å²) >= 11 is 0. The van der Waals surface area contributed by atoms with Crippen molar-refractivity contribution >= 4 is 5.69 Å². The number of aliphatic hydroxyl groups is 1. The van der Waals surface area contributed by atoms with Crippen LogP contribution in [0.2, 0.25) is 0 Å². The maximum atomic E-state index is 11.1. The van der Waals surface area contributed by atoms with E-state index < -0.39 is 5.60 Å². The SMILES string of the molecule is CC[C@]1(O)CCC[C@H]2CN(C3CCN(c4ccc5c(c4)OCO5)CC3)C[C@H]21. The van der Waals surface area contributed by atoms with Gasteiger partial charge >= 0.3 is 0 Å². The van der Waals surface area contributed by atoms with Crippen molar-refractivity contribution in [1.82, 2.24) is 4.90 Å². The van der Waals surface area contributed by atoms with Gasteiger partial charge in [-0.3, -0.25) is 4.90 Å². The molecule has 0 aromatic heterocycles. The van der Waals surface area contributed by atoms with E-state index in [4.69, 9.17) is 9.47 Å². The van der Waals surface area contributed by atoms with Crippen LogP contribution in [0.5, 0.6) is 11.5 Å². The van der Waals surface area contributed by atoms with E-state index in [-0.39, 0.29) is 0 Å². The van der Waals surface area contributed by atoms with Crippen LogP contribution in [-0.2, 0) is 0 Å². The maximum Gasteiger partial charge on any atom is 0.231 e. The smallest absolute Gasteiger partial charge is 0.231 e. The number of anilines is 1. The molecule has 1 aliphatic carbocycles. The van der Waals surface area contributed by atoms with Gasteiger partial charge in [0.1, 0.15) is 0 Å². The monoisotopic (exact) mass is 372 g/mol. The number of piperidine rings is 1. The van der Waals surface area contributed by atoms with Crippen LogP contribution >= 0.6 is 0 Å². The highest BCUT2D eigenvalue weighted by atomic mass is 16.7. The van der Waals surface area contributed by atoms with Crippen LogP contribution in [0.3, 0.4) is 0 Å². The minimum Gasteiger partial charge on any atom is -0.454 e. The Morgan fingerprint density at radius 2 is 1.93 bits per heavy atom. The molecule has 4 aliphatic rings. The number of hydrogen-bond donors (Lipinski definition) is 1. The van der Waals surface area contributed by atoms with Crippen molar-refractivity contribution in [3.05, 3.63) is 18.2 Å². The van der Waals surface area contributed by atoms with Crippen molar-refractivity contribution in [1.29, 1.82) is 0 Å². The van der Waals surface area contributed by atoms with Gasteiger partial charge in [0.2, 0.25) is 6.79 Å². The van der Waals surface area contributed by atoms with Crippen LogP contribution in [0.4, 0.5) is 5.69 Å². The molecule has 0 amide bonds. The Morgan fingerprint density at radius 3 is 2.74 bits per heavy atom. The molecule has 0 unspecified atom stereocenters. The summed E-state index contributed by atoms with van der Waals surface area (Å²) in [6.07, 6.45) is 6.82. The number of hydrogen-bond acceptors (Lipinski definition) is 5. The summed E-state index contributed by atoms with van der Waals surface area (Å²) in [6, 6.07) is 6.97. The summed E-state index contributed by atoms with van der Waals surface area (Å²) in [5.41, 5.74) is 0.832. The molecule has 3 fully saturated rings. The van der Waals surface area contributed by atoms with Gasteiger partial charge in [0.15, 0.2) is 11.5 Å². The third-order valence-electron chi connectivity index (χ3n) is 7.66. The second-order valence-corrected chi connectivity index (χ2v) is 8.93. The second kappa shape index (κ2) is 6.85. The summed E-state index contributed by atoms with van der Waals surface area (Å²) < 4.78 is 11.0. The van der Waals surface area contributed by atoms with Crippen molar-refractivity contribution in [2.75, 3.05) is 37.9 Å². The van der Waals surface area contributed by atoms with Crippen molar-refractivity contribution in [2.45, 2.75) is 57.1 Å². The maximum absolute atomic E-state index is 11.1. The number of rotatable bonds is 3. The Morgan fingerprint density at radius 1 is 1.11 bits per heavy atom. The molecule has 1 aromatic carbocycles. The van der Waals surface area contributed by atoms with E-state index in [1.165, 1.54) is 37.9 Å². The van der Waals surface area contributed by atoms with E-state index >= 15 is 0 Å². The normalized spacial score (nSPS) is 34.1. The van der Waals surface area contributed by atoms with Gasteiger partial charge in [-0.05, 0) is 50.2 Å². The summed E-state index contributed by atoms with van der Waals surface area (Å²) in [7, 11) is 0. The van der Waals surface area contributed by atoms with Crippen molar-refractivity contribution in [3.8, 4) is 11.5 Å². The minimum absolute atomic E-state index is 0.336. The van der Waals surface area contributed by atoms with Crippen LogP contribution in [0.1, 0.15) is 45.4 Å². The third-order valence-corrected chi connectivity index (χ3v) is 7.66. The predicted octanol–water partition coefficient (Wildman–Crippen LogP) is 3.26. The second-order valence-electron chi connectivity index (χ2n) is 8.93. The molecule has 5 heteroatoms. The molecule has 27 heavy (non-hydrogen) atoms. The Balaban J connectivity index is 1.21. The molecule has 1 N–H and O–H groups in total. The molecule has 0 bridgehead atoms. The van der Waals surface area contributed by atoms with Crippen molar-refractivity contribution in [3.63, 3.8) is 0 Å². The molecule has 5 nitrogen and oxygen atoms in total. The van der Waals surface area contributed by atoms with E-state index in [0.29, 0.717) is 24.7 Å². The zero-order valence-corrected chi connectivity index (χ0v) is 16.4. The average Bonchev–Trinajstić information content (AvgIpc) is 3.35. The lowest BCUT2D eigenvalue weighted by molar-refractivity contribution is -0.0617. The molecule has 148 valence electrons. The molecular formula is C22H32N2O3. The fourth-order valence-electron chi connectivity index (χ4n) is 5.97. The molecule has 2 saturated heterocycles. The molecule has 3 atom stereocenters. The van der Waals surface area contributed by atoms with Gasteiger partial charge in [0.25, 0.3) is 0 Å². The zero-order chi connectivity index (χ0) is 18.4. The van der Waals surface area contributed by atoms with E-state index in [2.05, 4.69) is 28.9 Å². The largest absolute Gasteiger partial charge is 0.454 e. The van der Waals surface area contributed by atoms with Gasteiger partial charge in [-0.2, -0.15) is 0 Å². The van der Waals surface area contributed by atoms with Gasteiger partial charge in [0.05, 0.1) is 5.60 Å². The Kier molecular flexibility index (Phi) is 4.47. The van der Waals surface area contributed by atoms with Crippen molar-refractivity contribution < 1.29 is 14.6 Å². The molecular weight excluding hydrogens is 340 g/mol. The van der Waals surface area contributed by atoms with Gasteiger partial charge in [0, 0.05) is 49.9 Å². The van der Waals surface area contributed by atoms with Crippen molar-refractivity contribution in [2.24, 2.45) is 11.8 Å². The first kappa shape index (κ1) is 17.6. The fourth-order valence-corrected chi connectivity index (χ4v) is 5.97. The third kappa shape index (κ3) is 3.09. The highest BCUT2D eigenvalue weighted by Crippen LogP contribution is 2.45. The molecule has 1 saturated carbocycles. The standard InChI is InChI=1S/C22H32N2O3/c1-2-22(25)9-3-4-16-13-24(14-19(16)22)17-7-10-23(11-8-17)18-5-6-20-21(12-18)27-15-26-20/h5-6,12,16-17,19,25H,2-4,7-11,13-15H2,1H3/t16-,19+,22-/m0/s1. The number of benzene rings is 1. The molecule has 0 radical (unpaired) electrons.